The van der Waals surface area contributed by atoms with Crippen LogP contribution in [-0.4, -0.2) is 55.8 Å². The van der Waals surface area contributed by atoms with E-state index in [1.807, 2.05) is 0 Å². The number of imide groups is 2. The molecule has 4 amide bonds. The van der Waals surface area contributed by atoms with Gasteiger partial charge in [0.15, 0.2) is 0 Å². The summed E-state index contributed by atoms with van der Waals surface area (Å²) < 4.78 is 0. The zero-order valence-corrected chi connectivity index (χ0v) is 31.9. The molecule has 4 aromatic rings. The minimum absolute atomic E-state index is 0.0465. The minimum Gasteiger partial charge on any atom is -0.347 e. The number of carbonyl (C=O) groups is 3. The molecule has 0 N–H and O–H groups in total. The van der Waals surface area contributed by atoms with Gasteiger partial charge in [0.25, 0.3) is 11.8 Å². The van der Waals surface area contributed by atoms with Crippen LogP contribution < -0.4 is 9.80 Å². The maximum atomic E-state index is 14.0. The Balaban J connectivity index is 1.28. The molecular weight excluding hydrogens is 657 g/mol. The van der Waals surface area contributed by atoms with E-state index < -0.39 is 17.8 Å². The minimum atomic E-state index is -0.626. The maximum absolute atomic E-state index is 14.0. The highest BCUT2D eigenvalue weighted by atomic mass is 16.2. The number of rotatable bonds is 2. The molecule has 2 fully saturated rings. The Labute approximate surface area is 311 Å². The number of hydrogen-bond acceptors (Lipinski definition) is 5. The lowest BCUT2D eigenvalue weighted by Gasteiger charge is -2.33. The monoisotopic (exact) mass is 702 g/mol. The van der Waals surface area contributed by atoms with Crippen molar-refractivity contribution in [1.29, 1.82) is 0 Å². The highest BCUT2D eigenvalue weighted by Gasteiger charge is 2.43. The van der Waals surface area contributed by atoms with E-state index in [1.165, 1.54) is 58.1 Å². The Morgan fingerprint density at radius 2 is 0.925 bits per heavy atom. The number of carbonyl (C=O) groups excluding carboxylic acids is 3. The Bertz CT molecular complexity index is 2290. The molecule has 4 aliphatic rings. The van der Waals surface area contributed by atoms with Crippen LogP contribution in [0.1, 0.15) is 58.1 Å². The molecule has 8 rings (SSSR count). The first kappa shape index (κ1) is 34.4. The smallest absolute Gasteiger partial charge is 0.333 e. The number of fused-ring (bicyclic) bond motifs is 6. The molecule has 53 heavy (non-hydrogen) atoms. The Kier molecular flexibility index (Phi) is 7.91. The number of benzene rings is 4. The summed E-state index contributed by atoms with van der Waals surface area (Å²) >= 11 is 0. The summed E-state index contributed by atoms with van der Waals surface area (Å²) in [6.07, 6.45) is 10.8. The molecule has 0 bridgehead atoms. The third-order valence-corrected chi connectivity index (χ3v) is 12.1. The number of nitrogens with zero attached hydrogens (tertiary/aromatic N) is 4. The van der Waals surface area contributed by atoms with Gasteiger partial charge in [-0.1, -0.05) is 101 Å². The van der Waals surface area contributed by atoms with Crippen molar-refractivity contribution in [2.45, 2.75) is 57.8 Å². The van der Waals surface area contributed by atoms with Crippen molar-refractivity contribution in [3.8, 4) is 0 Å². The van der Waals surface area contributed by atoms with E-state index in [0.29, 0.717) is 18.4 Å². The van der Waals surface area contributed by atoms with Gasteiger partial charge in [0.1, 0.15) is 5.57 Å². The van der Waals surface area contributed by atoms with Crippen molar-refractivity contribution in [2.24, 2.45) is 0 Å². The molecule has 268 valence electrons. The van der Waals surface area contributed by atoms with Gasteiger partial charge >= 0.3 is 6.03 Å². The van der Waals surface area contributed by atoms with E-state index >= 15 is 0 Å². The number of hydrogen-bond donors (Lipinski definition) is 0. The third kappa shape index (κ3) is 5.04. The molecule has 1 aliphatic carbocycles. The SMILES string of the molecule is CN1C(=O)C(=C2C(=CC=C3N(C)c4ccc5ccccc5c4C3(C)C)CCCC2=CC=C2N(C)c3ccc4ccccc4c3C2(C)C)C(=O)N(C)C1=O. The van der Waals surface area contributed by atoms with Gasteiger partial charge in [-0.25, -0.2) is 4.79 Å². The molecule has 7 nitrogen and oxygen atoms in total. The van der Waals surface area contributed by atoms with Crippen LogP contribution in [0.2, 0.25) is 0 Å². The molecule has 7 heteroatoms. The normalized spacial score (nSPS) is 22.8. The number of barbiturate groups is 1. The summed E-state index contributed by atoms with van der Waals surface area (Å²) in [5.41, 5.74) is 9.09. The fraction of sp³-hybridized carbons (Fsp3) is 0.283. The second-order valence-electron chi connectivity index (χ2n) is 15.8. The molecule has 3 aliphatic heterocycles. The molecule has 1 saturated carbocycles. The van der Waals surface area contributed by atoms with Crippen molar-refractivity contribution in [1.82, 2.24) is 9.80 Å². The Morgan fingerprint density at radius 1 is 0.509 bits per heavy atom. The highest BCUT2D eigenvalue weighted by Crippen LogP contribution is 2.52. The van der Waals surface area contributed by atoms with Crippen molar-refractivity contribution < 1.29 is 14.4 Å². The van der Waals surface area contributed by atoms with Crippen molar-refractivity contribution in [3.05, 3.63) is 142 Å². The van der Waals surface area contributed by atoms with E-state index in [4.69, 9.17) is 0 Å². The Hall–Kier alpha value is -5.69. The first-order chi connectivity index (χ1) is 25.2. The fourth-order valence-corrected chi connectivity index (χ4v) is 9.37. The van der Waals surface area contributed by atoms with Crippen LogP contribution in [0.4, 0.5) is 16.2 Å². The van der Waals surface area contributed by atoms with Gasteiger partial charge in [0.05, 0.1) is 0 Å². The van der Waals surface area contributed by atoms with E-state index in [1.54, 1.807) is 0 Å². The summed E-state index contributed by atoms with van der Waals surface area (Å²) in [6, 6.07) is 25.1. The van der Waals surface area contributed by atoms with Crippen LogP contribution in [0.3, 0.4) is 0 Å². The lowest BCUT2D eigenvalue weighted by molar-refractivity contribution is -0.134. The number of likely N-dealkylation sites (N-methyl/N-ethyl adjacent to an activating group) is 4. The van der Waals surface area contributed by atoms with Crippen molar-refractivity contribution in [2.75, 3.05) is 38.0 Å². The quantitative estimate of drug-likeness (QED) is 0.154. The van der Waals surface area contributed by atoms with Crippen molar-refractivity contribution in [3.63, 3.8) is 0 Å². The van der Waals surface area contributed by atoms with Gasteiger partial charge in [-0.3, -0.25) is 19.4 Å². The molecular formula is C46H46N4O3. The van der Waals surface area contributed by atoms with E-state index in [2.05, 4.69) is 149 Å². The number of amides is 4. The van der Waals surface area contributed by atoms with Gasteiger partial charge in [-0.05, 0) is 92.9 Å². The van der Waals surface area contributed by atoms with Gasteiger partial charge in [-0.2, -0.15) is 0 Å². The van der Waals surface area contributed by atoms with E-state index in [0.717, 1.165) is 38.8 Å². The van der Waals surface area contributed by atoms with Gasteiger partial charge in [0.2, 0.25) is 0 Å². The van der Waals surface area contributed by atoms with Gasteiger partial charge in [-0.15, -0.1) is 0 Å². The molecule has 0 radical (unpaired) electrons. The maximum Gasteiger partial charge on any atom is 0.333 e. The lowest BCUT2D eigenvalue weighted by Crippen LogP contribution is -2.53. The van der Waals surface area contributed by atoms with Gasteiger partial charge in [0, 0.05) is 61.8 Å². The first-order valence-electron chi connectivity index (χ1n) is 18.4. The second kappa shape index (κ2) is 12.2. The molecule has 1 saturated heterocycles. The molecule has 4 aromatic carbocycles. The average molecular weight is 703 g/mol. The third-order valence-electron chi connectivity index (χ3n) is 12.1. The van der Waals surface area contributed by atoms with Crippen LogP contribution >= 0.6 is 0 Å². The molecule has 0 aromatic heterocycles. The summed E-state index contributed by atoms with van der Waals surface area (Å²) in [5.74, 6) is -1.14. The van der Waals surface area contributed by atoms with E-state index in [-0.39, 0.29) is 16.4 Å². The van der Waals surface area contributed by atoms with Crippen LogP contribution in [0.5, 0.6) is 0 Å². The van der Waals surface area contributed by atoms with Crippen LogP contribution in [0.25, 0.3) is 21.5 Å². The zero-order chi connectivity index (χ0) is 37.6. The molecule has 0 unspecified atom stereocenters. The van der Waals surface area contributed by atoms with Gasteiger partial charge < -0.3 is 9.80 Å². The largest absolute Gasteiger partial charge is 0.347 e. The lowest BCUT2D eigenvalue weighted by atomic mass is 9.78. The first-order valence-corrected chi connectivity index (χ1v) is 18.4. The topological polar surface area (TPSA) is 64.2 Å². The summed E-state index contributed by atoms with van der Waals surface area (Å²) in [5, 5.41) is 4.89. The van der Waals surface area contributed by atoms with Crippen LogP contribution in [0.15, 0.2) is 131 Å². The Morgan fingerprint density at radius 3 is 1.36 bits per heavy atom. The van der Waals surface area contributed by atoms with Crippen LogP contribution in [-0.2, 0) is 20.4 Å². The predicted molar refractivity (Wildman–Crippen MR) is 215 cm³/mol. The summed E-state index contributed by atoms with van der Waals surface area (Å²) in [7, 11) is 7.11. The number of anilines is 2. The molecule has 0 spiro atoms. The summed E-state index contributed by atoms with van der Waals surface area (Å²) in [4.78, 5) is 47.4. The highest BCUT2D eigenvalue weighted by molar-refractivity contribution is 6.29. The number of urea groups is 1. The second-order valence-corrected chi connectivity index (χ2v) is 15.8. The van der Waals surface area contributed by atoms with Crippen molar-refractivity contribution >= 4 is 50.8 Å². The zero-order valence-electron chi connectivity index (χ0n) is 31.9. The molecule has 0 atom stereocenters. The van der Waals surface area contributed by atoms with E-state index in [9.17, 15) is 14.4 Å². The average Bonchev–Trinajstić information content (AvgIpc) is 3.48. The fourth-order valence-electron chi connectivity index (χ4n) is 9.37. The standard InChI is InChI=1S/C46H46N4O3/c1-45(2)36(47(5)34-24-20-28-14-9-11-18-32(28)40(34)45)26-22-30-16-13-17-31(38(30)39-42(51)49(7)44(53)50(8)43(39)52)23-27-37-46(3,4)41-33-19-12-10-15-29(33)21-25-35(41)48(37)6/h9-12,14-15,18-27H,13,16-17H2,1-8H3. The van der Waals surface area contributed by atoms with Crippen LogP contribution in [0, 0.1) is 0 Å². The predicted octanol–water partition coefficient (Wildman–Crippen LogP) is 9.30. The summed E-state index contributed by atoms with van der Waals surface area (Å²) in [6.45, 7) is 9.03. The number of allylic oxidation sites excluding steroid dienone is 9. The molecule has 3 heterocycles.